The van der Waals surface area contributed by atoms with Crippen molar-refractivity contribution in [2.45, 2.75) is 13.0 Å². The molecule has 2 nitrogen and oxygen atoms in total. The van der Waals surface area contributed by atoms with E-state index in [1.165, 1.54) is 5.56 Å². The second-order valence-electron chi connectivity index (χ2n) is 2.37. The normalized spacial score (nSPS) is 12.9. The van der Waals surface area contributed by atoms with E-state index in [9.17, 15) is 4.79 Å². The van der Waals surface area contributed by atoms with E-state index in [1.54, 1.807) is 18.4 Å². The molecule has 11 heavy (non-hydrogen) atoms. The molecular weight excluding hydrogens is 158 g/mol. The maximum atomic E-state index is 10.5. The van der Waals surface area contributed by atoms with E-state index in [0.717, 1.165) is 11.2 Å². The number of likely N-dealkylation sites (N-methyl/N-ethyl adjacent to an activating group) is 1. The van der Waals surface area contributed by atoms with Crippen molar-refractivity contribution >= 4 is 17.6 Å². The Kier molecular flexibility index (Phi) is 2.79. The Labute approximate surface area is 70.2 Å². The fourth-order valence-corrected chi connectivity index (χ4v) is 1.96. The summed E-state index contributed by atoms with van der Waals surface area (Å²) in [6.45, 7) is 2.01. The summed E-state index contributed by atoms with van der Waals surface area (Å²) in [7, 11) is 1.79. The summed E-state index contributed by atoms with van der Waals surface area (Å²) in [6, 6.07) is 1.89. The molecule has 0 spiro atoms. The third kappa shape index (κ3) is 1.67. The number of aryl methyl sites for hydroxylation is 1. The Hall–Kier alpha value is -0.670. The van der Waals surface area contributed by atoms with Gasteiger partial charge in [-0.05, 0) is 31.0 Å². The summed E-state index contributed by atoms with van der Waals surface area (Å²) in [5, 5.41) is 4.94. The van der Waals surface area contributed by atoms with Gasteiger partial charge in [-0.3, -0.25) is 0 Å². The molecule has 0 aliphatic rings. The van der Waals surface area contributed by atoms with Gasteiger partial charge in [-0.15, -0.1) is 11.3 Å². The van der Waals surface area contributed by atoms with Gasteiger partial charge in [0.25, 0.3) is 0 Å². The van der Waals surface area contributed by atoms with Crippen LogP contribution >= 0.6 is 11.3 Å². The minimum Gasteiger partial charge on any atom is -0.306 e. The van der Waals surface area contributed by atoms with Crippen molar-refractivity contribution in [2.75, 3.05) is 7.05 Å². The van der Waals surface area contributed by atoms with Crippen LogP contribution in [0.25, 0.3) is 0 Å². The first-order chi connectivity index (χ1) is 5.29. The number of hydrogen-bond acceptors (Lipinski definition) is 3. The Bertz CT molecular complexity index is 244. The predicted octanol–water partition coefficient (Wildman–Crippen LogP) is 1.52. The number of thiophene rings is 1. The van der Waals surface area contributed by atoms with Gasteiger partial charge in [0.2, 0.25) is 0 Å². The van der Waals surface area contributed by atoms with Crippen molar-refractivity contribution in [1.29, 1.82) is 0 Å². The fraction of sp³-hybridized carbons (Fsp3) is 0.375. The van der Waals surface area contributed by atoms with Crippen LogP contribution in [0.2, 0.25) is 0 Å². The molecule has 0 fully saturated rings. The van der Waals surface area contributed by atoms with E-state index < -0.39 is 0 Å². The molecule has 0 aliphatic heterocycles. The van der Waals surface area contributed by atoms with Crippen LogP contribution in [0.1, 0.15) is 16.5 Å². The van der Waals surface area contributed by atoms with Crippen molar-refractivity contribution in [2.24, 2.45) is 0 Å². The Morgan fingerprint density at radius 1 is 1.73 bits per heavy atom. The molecule has 0 radical (unpaired) electrons. The van der Waals surface area contributed by atoms with Crippen LogP contribution in [0, 0.1) is 6.92 Å². The summed E-state index contributed by atoms with van der Waals surface area (Å²) in [5.41, 5.74) is 1.18. The zero-order valence-corrected chi connectivity index (χ0v) is 7.44. The largest absolute Gasteiger partial charge is 0.306 e. The maximum absolute atomic E-state index is 10.5. The second-order valence-corrected chi connectivity index (χ2v) is 3.32. The third-order valence-electron chi connectivity index (χ3n) is 1.63. The van der Waals surface area contributed by atoms with Gasteiger partial charge in [-0.1, -0.05) is 0 Å². The average molecular weight is 169 g/mol. The van der Waals surface area contributed by atoms with Crippen LogP contribution < -0.4 is 5.32 Å². The monoisotopic (exact) mass is 169 g/mol. The van der Waals surface area contributed by atoms with Crippen LogP contribution in [-0.4, -0.2) is 13.3 Å². The molecule has 0 saturated heterocycles. The lowest BCUT2D eigenvalue weighted by Gasteiger charge is -2.06. The second kappa shape index (κ2) is 3.64. The summed E-state index contributed by atoms with van der Waals surface area (Å²) < 4.78 is 0. The van der Waals surface area contributed by atoms with Gasteiger partial charge in [0.15, 0.2) is 0 Å². The van der Waals surface area contributed by atoms with Crippen molar-refractivity contribution in [3.8, 4) is 0 Å². The average Bonchev–Trinajstić information content (AvgIpc) is 2.40. The molecule has 3 heteroatoms. The van der Waals surface area contributed by atoms with Crippen LogP contribution in [0.15, 0.2) is 11.4 Å². The summed E-state index contributed by atoms with van der Waals surface area (Å²) >= 11 is 1.61. The molecule has 0 amide bonds. The molecule has 1 N–H and O–H groups in total. The Balaban J connectivity index is 2.89. The molecule has 0 aromatic carbocycles. The van der Waals surface area contributed by atoms with Crippen LogP contribution in [0.4, 0.5) is 0 Å². The zero-order valence-electron chi connectivity index (χ0n) is 6.63. The molecule has 1 heterocycles. The maximum Gasteiger partial charge on any atom is 0.142 e. The smallest absolute Gasteiger partial charge is 0.142 e. The Morgan fingerprint density at radius 3 is 2.82 bits per heavy atom. The van der Waals surface area contributed by atoms with Crippen molar-refractivity contribution < 1.29 is 4.79 Å². The zero-order chi connectivity index (χ0) is 8.27. The lowest BCUT2D eigenvalue weighted by atomic mass is 10.2. The molecular formula is C8H11NOS. The number of nitrogens with one attached hydrogen (secondary N) is 1. The van der Waals surface area contributed by atoms with Crippen LogP contribution in [0.3, 0.4) is 0 Å². The molecule has 1 atom stereocenters. The van der Waals surface area contributed by atoms with Gasteiger partial charge in [-0.2, -0.15) is 0 Å². The van der Waals surface area contributed by atoms with Crippen molar-refractivity contribution in [3.05, 3.63) is 21.9 Å². The van der Waals surface area contributed by atoms with Gasteiger partial charge < -0.3 is 10.1 Å². The van der Waals surface area contributed by atoms with Crippen LogP contribution in [-0.2, 0) is 4.79 Å². The number of carbonyl (C=O) groups is 1. The first kappa shape index (κ1) is 8.43. The first-order valence-corrected chi connectivity index (χ1v) is 4.34. The highest BCUT2D eigenvalue weighted by Gasteiger charge is 2.10. The van der Waals surface area contributed by atoms with Gasteiger partial charge in [0, 0.05) is 4.88 Å². The summed E-state index contributed by atoms with van der Waals surface area (Å²) in [4.78, 5) is 11.6. The van der Waals surface area contributed by atoms with E-state index in [2.05, 4.69) is 5.32 Å². The minimum absolute atomic E-state index is 0.130. The molecule has 0 aliphatic carbocycles. The Morgan fingerprint density at radius 2 is 2.45 bits per heavy atom. The van der Waals surface area contributed by atoms with E-state index >= 15 is 0 Å². The lowest BCUT2D eigenvalue weighted by Crippen LogP contribution is -2.16. The van der Waals surface area contributed by atoms with E-state index in [0.29, 0.717) is 0 Å². The van der Waals surface area contributed by atoms with Gasteiger partial charge in [0.05, 0.1) is 6.04 Å². The fourth-order valence-electron chi connectivity index (χ4n) is 0.964. The molecule has 60 valence electrons. The molecule has 0 bridgehead atoms. The summed E-state index contributed by atoms with van der Waals surface area (Å²) in [5.74, 6) is 0. The van der Waals surface area contributed by atoms with Gasteiger partial charge in [-0.25, -0.2) is 0 Å². The molecule has 1 unspecified atom stereocenters. The van der Waals surface area contributed by atoms with Crippen LogP contribution in [0.5, 0.6) is 0 Å². The van der Waals surface area contributed by atoms with E-state index in [-0.39, 0.29) is 6.04 Å². The topological polar surface area (TPSA) is 29.1 Å². The molecule has 1 rings (SSSR count). The number of aldehydes is 1. The standard InChI is InChI=1S/C8H11NOS/c1-6-3-4-11-8(6)7(5-10)9-2/h3-5,7,9H,1-2H3. The lowest BCUT2D eigenvalue weighted by molar-refractivity contribution is -0.109. The number of hydrogen-bond donors (Lipinski definition) is 1. The molecule has 0 saturated carbocycles. The van der Waals surface area contributed by atoms with Crippen molar-refractivity contribution in [1.82, 2.24) is 5.32 Å². The quantitative estimate of drug-likeness (QED) is 0.695. The highest BCUT2D eigenvalue weighted by Crippen LogP contribution is 2.21. The number of rotatable bonds is 3. The summed E-state index contributed by atoms with van der Waals surface area (Å²) in [6.07, 6.45) is 0.929. The predicted molar refractivity (Wildman–Crippen MR) is 46.9 cm³/mol. The molecule has 1 aromatic heterocycles. The minimum atomic E-state index is -0.130. The first-order valence-electron chi connectivity index (χ1n) is 3.46. The van der Waals surface area contributed by atoms with Gasteiger partial charge in [0.1, 0.15) is 6.29 Å². The van der Waals surface area contributed by atoms with E-state index in [4.69, 9.17) is 0 Å². The van der Waals surface area contributed by atoms with E-state index in [1.807, 2.05) is 18.4 Å². The third-order valence-corrected chi connectivity index (χ3v) is 2.73. The van der Waals surface area contributed by atoms with Gasteiger partial charge >= 0.3 is 0 Å². The highest BCUT2D eigenvalue weighted by atomic mass is 32.1. The molecule has 1 aromatic rings. The van der Waals surface area contributed by atoms with Crippen molar-refractivity contribution in [3.63, 3.8) is 0 Å². The number of carbonyl (C=O) groups excluding carboxylic acids is 1. The SMILES string of the molecule is CNC(C=O)c1sccc1C. The highest BCUT2D eigenvalue weighted by molar-refractivity contribution is 7.10.